The zero-order valence-corrected chi connectivity index (χ0v) is 18.2. The summed E-state index contributed by atoms with van der Waals surface area (Å²) in [5.41, 5.74) is 4.91. The molecule has 1 saturated heterocycles. The number of nitrogens with zero attached hydrogens (tertiary/aromatic N) is 2. The Labute approximate surface area is 174 Å². The van der Waals surface area contributed by atoms with Gasteiger partial charge >= 0.3 is 0 Å². The fourth-order valence-corrected chi connectivity index (χ4v) is 5.80. The van der Waals surface area contributed by atoms with E-state index in [2.05, 4.69) is 68.8 Å². The van der Waals surface area contributed by atoms with Crippen molar-refractivity contribution in [3.8, 4) is 0 Å². The van der Waals surface area contributed by atoms with Crippen LogP contribution in [0.15, 0.2) is 24.4 Å². The van der Waals surface area contributed by atoms with Crippen LogP contribution in [0.1, 0.15) is 66.8 Å². The van der Waals surface area contributed by atoms with E-state index in [9.17, 15) is 0 Å². The molecule has 3 heterocycles. The molecule has 6 heteroatoms. The number of pyridine rings is 1. The van der Waals surface area contributed by atoms with Gasteiger partial charge in [-0.05, 0) is 73.6 Å². The van der Waals surface area contributed by atoms with Crippen molar-refractivity contribution in [1.29, 1.82) is 0 Å². The van der Waals surface area contributed by atoms with E-state index in [4.69, 9.17) is 12.2 Å². The van der Waals surface area contributed by atoms with E-state index in [1.807, 2.05) is 12.3 Å². The van der Waals surface area contributed by atoms with Gasteiger partial charge in [0.1, 0.15) is 0 Å². The largest absolute Gasteiger partial charge is 0.362 e. The van der Waals surface area contributed by atoms with E-state index in [1.165, 1.54) is 52.6 Å². The van der Waals surface area contributed by atoms with E-state index >= 15 is 0 Å². The average Bonchev–Trinajstić information content (AvgIpc) is 3.12. The summed E-state index contributed by atoms with van der Waals surface area (Å²) >= 11 is 8.33. The molecule has 4 rings (SSSR count). The van der Waals surface area contributed by atoms with Gasteiger partial charge in [0.2, 0.25) is 0 Å². The van der Waals surface area contributed by atoms with E-state index in [0.717, 1.165) is 10.8 Å². The number of rotatable bonds is 3. The summed E-state index contributed by atoms with van der Waals surface area (Å²) in [6, 6.07) is 6.95. The maximum atomic E-state index is 5.84. The van der Waals surface area contributed by atoms with Gasteiger partial charge in [0.15, 0.2) is 5.11 Å². The van der Waals surface area contributed by atoms with E-state index in [1.54, 1.807) is 0 Å². The molecule has 2 aromatic heterocycles. The molecule has 0 amide bonds. The highest BCUT2D eigenvalue weighted by Gasteiger charge is 2.45. The van der Waals surface area contributed by atoms with Gasteiger partial charge in [-0.15, -0.1) is 0 Å². The molecular formula is C20H25IN4S. The first kappa shape index (κ1) is 18.2. The Hall–Kier alpha value is -1.15. The average molecular weight is 480 g/mol. The van der Waals surface area contributed by atoms with Gasteiger partial charge in [-0.2, -0.15) is 0 Å². The second-order valence-corrected chi connectivity index (χ2v) is 8.89. The fourth-order valence-electron chi connectivity index (χ4n) is 4.55. The maximum Gasteiger partial charge on any atom is 0.170 e. The summed E-state index contributed by atoms with van der Waals surface area (Å²) in [6.07, 6.45) is 8.28. The van der Waals surface area contributed by atoms with Crippen molar-refractivity contribution < 1.29 is 0 Å². The van der Waals surface area contributed by atoms with Crippen molar-refractivity contribution in [2.24, 2.45) is 0 Å². The summed E-state index contributed by atoms with van der Waals surface area (Å²) < 4.78 is 1.32. The van der Waals surface area contributed by atoms with Gasteiger partial charge in [-0.25, -0.2) is 0 Å². The molecule has 1 saturated carbocycles. The summed E-state index contributed by atoms with van der Waals surface area (Å²) in [6.45, 7) is 4.33. The minimum absolute atomic E-state index is 0.0908. The number of H-pyrrole nitrogens is 1. The van der Waals surface area contributed by atoms with Crippen LogP contribution in [0, 0.1) is 17.4 Å². The lowest BCUT2D eigenvalue weighted by atomic mass is 9.90. The summed E-state index contributed by atoms with van der Waals surface area (Å²) in [4.78, 5) is 10.7. The molecule has 26 heavy (non-hydrogen) atoms. The highest BCUT2D eigenvalue weighted by Crippen LogP contribution is 2.45. The molecule has 0 aromatic carbocycles. The Morgan fingerprint density at radius 2 is 1.92 bits per heavy atom. The normalized spacial score (nSPS) is 24.1. The molecule has 2 N–H and O–H groups in total. The van der Waals surface area contributed by atoms with Crippen molar-refractivity contribution in [2.45, 2.75) is 64.1 Å². The summed E-state index contributed by atoms with van der Waals surface area (Å²) in [5, 5.41) is 4.49. The van der Waals surface area contributed by atoms with Crippen LogP contribution in [0.2, 0.25) is 0 Å². The van der Waals surface area contributed by atoms with Gasteiger partial charge < -0.3 is 15.2 Å². The second-order valence-electron chi connectivity index (χ2n) is 7.43. The maximum absolute atomic E-state index is 5.84. The topological polar surface area (TPSA) is 44.0 Å². The lowest BCUT2D eigenvalue weighted by Gasteiger charge is -2.37. The van der Waals surface area contributed by atoms with Gasteiger partial charge in [0.25, 0.3) is 0 Å². The molecule has 0 bridgehead atoms. The van der Waals surface area contributed by atoms with Crippen LogP contribution in [-0.4, -0.2) is 26.0 Å². The van der Waals surface area contributed by atoms with Crippen molar-refractivity contribution in [3.63, 3.8) is 0 Å². The third kappa shape index (κ3) is 3.15. The molecule has 1 aliphatic carbocycles. The number of hydrogen-bond acceptors (Lipinski definition) is 2. The lowest BCUT2D eigenvalue weighted by molar-refractivity contribution is 0.196. The molecular weight excluding hydrogens is 455 g/mol. The molecule has 0 spiro atoms. The van der Waals surface area contributed by atoms with Crippen LogP contribution < -0.4 is 5.32 Å². The van der Waals surface area contributed by atoms with Crippen LogP contribution in [0.4, 0.5) is 0 Å². The Morgan fingerprint density at radius 1 is 1.15 bits per heavy atom. The molecule has 2 aromatic rings. The first-order valence-corrected chi connectivity index (χ1v) is 10.9. The molecule has 2 aliphatic rings. The zero-order valence-electron chi connectivity index (χ0n) is 15.3. The smallest absolute Gasteiger partial charge is 0.170 e. The standard InChI is InChI=1S/C20H25IN4S/c1-12-16(17(21)13(2)23-12)19-18(15-10-6-7-11-22-15)24-20(26)25(19)14-8-4-3-5-9-14/h6-7,10-11,14,18-19,23H,3-5,8-9H2,1-2H3,(H,24,26)/t18-,19-/m0/s1. The number of aromatic amines is 1. The van der Waals surface area contributed by atoms with Crippen LogP contribution >= 0.6 is 34.8 Å². The van der Waals surface area contributed by atoms with Crippen molar-refractivity contribution >= 4 is 39.9 Å². The predicted octanol–water partition coefficient (Wildman–Crippen LogP) is 4.94. The van der Waals surface area contributed by atoms with Gasteiger partial charge in [-0.1, -0.05) is 25.3 Å². The Bertz CT molecular complexity index is 798. The summed E-state index contributed by atoms with van der Waals surface area (Å²) in [7, 11) is 0. The minimum atomic E-state index is 0.0908. The Balaban J connectivity index is 1.81. The first-order chi connectivity index (χ1) is 12.6. The van der Waals surface area contributed by atoms with E-state index in [0.29, 0.717) is 6.04 Å². The van der Waals surface area contributed by atoms with E-state index < -0.39 is 0 Å². The second kappa shape index (κ2) is 7.46. The molecule has 0 radical (unpaired) electrons. The van der Waals surface area contributed by atoms with Crippen LogP contribution in [-0.2, 0) is 0 Å². The molecule has 2 fully saturated rings. The monoisotopic (exact) mass is 480 g/mol. The van der Waals surface area contributed by atoms with Crippen LogP contribution in [0.3, 0.4) is 0 Å². The Morgan fingerprint density at radius 3 is 2.54 bits per heavy atom. The number of halogens is 1. The van der Waals surface area contributed by atoms with Gasteiger partial charge in [0, 0.05) is 32.8 Å². The van der Waals surface area contributed by atoms with Gasteiger partial charge in [-0.3, -0.25) is 4.98 Å². The van der Waals surface area contributed by atoms with E-state index in [-0.39, 0.29) is 12.1 Å². The third-order valence-electron chi connectivity index (χ3n) is 5.74. The highest BCUT2D eigenvalue weighted by atomic mass is 127. The minimum Gasteiger partial charge on any atom is -0.362 e. The number of thiocarbonyl (C=S) groups is 1. The van der Waals surface area contributed by atoms with Gasteiger partial charge in [0.05, 0.1) is 17.8 Å². The predicted molar refractivity (Wildman–Crippen MR) is 117 cm³/mol. The molecule has 138 valence electrons. The highest BCUT2D eigenvalue weighted by molar-refractivity contribution is 14.1. The number of aromatic nitrogens is 2. The molecule has 1 aliphatic heterocycles. The summed E-state index contributed by atoms with van der Waals surface area (Å²) in [5.74, 6) is 0. The lowest BCUT2D eigenvalue weighted by Crippen LogP contribution is -2.40. The van der Waals surface area contributed by atoms with Crippen LogP contribution in [0.25, 0.3) is 0 Å². The van der Waals surface area contributed by atoms with Crippen molar-refractivity contribution in [2.75, 3.05) is 0 Å². The van der Waals surface area contributed by atoms with Crippen molar-refractivity contribution in [3.05, 3.63) is 50.6 Å². The van der Waals surface area contributed by atoms with Crippen molar-refractivity contribution in [1.82, 2.24) is 20.2 Å². The third-order valence-corrected chi connectivity index (χ3v) is 7.46. The number of nitrogens with one attached hydrogen (secondary N) is 2. The molecule has 2 atom stereocenters. The number of aryl methyl sites for hydroxylation is 2. The Kier molecular flexibility index (Phi) is 5.23. The zero-order chi connectivity index (χ0) is 18.3. The molecule has 4 nitrogen and oxygen atoms in total. The van der Waals surface area contributed by atoms with Crippen LogP contribution in [0.5, 0.6) is 0 Å². The number of hydrogen-bond donors (Lipinski definition) is 2. The first-order valence-electron chi connectivity index (χ1n) is 9.42. The fraction of sp³-hybridized carbons (Fsp3) is 0.500. The molecule has 0 unspecified atom stereocenters. The SMILES string of the molecule is Cc1[nH]c(C)c([C@H]2[C@H](c3ccccn3)NC(=S)N2C2CCCCC2)c1I. The quantitative estimate of drug-likeness (QED) is 0.483.